The van der Waals surface area contributed by atoms with Gasteiger partial charge in [0.2, 0.25) is 5.88 Å². The van der Waals surface area contributed by atoms with Crippen LogP contribution in [0, 0.1) is 5.82 Å². The molecule has 1 unspecified atom stereocenters. The summed E-state index contributed by atoms with van der Waals surface area (Å²) in [5, 5.41) is 3.08. The number of carbonyl (C=O) groups excluding carboxylic acids is 1. The zero-order valence-corrected chi connectivity index (χ0v) is 15.1. The number of fused-ring (bicyclic) bond motifs is 1. The summed E-state index contributed by atoms with van der Waals surface area (Å²) in [5.41, 5.74) is 1.95. The lowest BCUT2D eigenvalue weighted by atomic mass is 9.85. The van der Waals surface area contributed by atoms with E-state index in [0.29, 0.717) is 16.9 Å². The minimum absolute atomic E-state index is 0.0412. The molecule has 3 rings (SSSR count). The van der Waals surface area contributed by atoms with Gasteiger partial charge in [0, 0.05) is 17.4 Å². The van der Waals surface area contributed by atoms with Crippen LogP contribution < -0.4 is 10.1 Å². The van der Waals surface area contributed by atoms with Crippen molar-refractivity contribution in [3.8, 4) is 5.88 Å². The van der Waals surface area contributed by atoms with Crippen molar-refractivity contribution in [2.24, 2.45) is 0 Å². The topological polar surface area (TPSA) is 69.7 Å². The quantitative estimate of drug-likeness (QED) is 0.795. The lowest BCUT2D eigenvalue weighted by Crippen LogP contribution is -2.23. The van der Waals surface area contributed by atoms with Gasteiger partial charge in [0.15, 0.2) is 0 Å². The summed E-state index contributed by atoms with van der Waals surface area (Å²) >= 11 is 5.96. The maximum Gasteiger partial charge on any atom is 0.513 e. The van der Waals surface area contributed by atoms with Crippen LogP contribution >= 0.6 is 11.6 Å². The molecule has 26 heavy (non-hydrogen) atoms. The van der Waals surface area contributed by atoms with Crippen molar-refractivity contribution >= 4 is 23.4 Å². The Balaban J connectivity index is 2.27. The number of allylic oxidation sites excluding steroid dienone is 2. The molecular formula is C18H16ClFN2O4. The minimum Gasteiger partial charge on any atom is -0.481 e. The van der Waals surface area contributed by atoms with Gasteiger partial charge in [0.1, 0.15) is 11.6 Å². The first kappa shape index (κ1) is 18.0. The average molecular weight is 379 g/mol. The molecule has 1 aromatic carbocycles. The van der Waals surface area contributed by atoms with E-state index in [2.05, 4.69) is 15.0 Å². The largest absolute Gasteiger partial charge is 0.513 e. The van der Waals surface area contributed by atoms with Crippen molar-refractivity contribution in [1.82, 2.24) is 4.98 Å². The number of halogens is 2. The SMILES string of the molecule is COC(=O)OC1=C(C)Nc2ccnc(OC)c2C1c1cccc(Cl)c1F. The van der Waals surface area contributed by atoms with Crippen LogP contribution in [0.25, 0.3) is 0 Å². The van der Waals surface area contributed by atoms with Gasteiger partial charge in [-0.1, -0.05) is 23.7 Å². The van der Waals surface area contributed by atoms with Crippen molar-refractivity contribution in [3.05, 3.63) is 63.9 Å². The molecule has 8 heteroatoms. The third-order valence-corrected chi connectivity index (χ3v) is 4.33. The van der Waals surface area contributed by atoms with E-state index in [0.717, 1.165) is 0 Å². The maximum atomic E-state index is 14.8. The Kier molecular flexibility index (Phi) is 4.99. The van der Waals surface area contributed by atoms with Crippen LogP contribution in [-0.4, -0.2) is 25.4 Å². The van der Waals surface area contributed by atoms with Gasteiger partial charge >= 0.3 is 6.16 Å². The highest BCUT2D eigenvalue weighted by atomic mass is 35.5. The Hall–Kier alpha value is -2.80. The van der Waals surface area contributed by atoms with Crippen molar-refractivity contribution < 1.29 is 23.4 Å². The van der Waals surface area contributed by atoms with Crippen LogP contribution in [0.2, 0.25) is 5.02 Å². The van der Waals surface area contributed by atoms with E-state index in [1.54, 1.807) is 31.3 Å². The van der Waals surface area contributed by atoms with E-state index in [4.69, 9.17) is 21.1 Å². The van der Waals surface area contributed by atoms with Gasteiger partial charge in [0.05, 0.1) is 36.4 Å². The fraction of sp³-hybridized carbons (Fsp3) is 0.222. The second-order valence-electron chi connectivity index (χ2n) is 5.53. The molecule has 1 aliphatic heterocycles. The molecule has 0 aliphatic carbocycles. The predicted molar refractivity (Wildman–Crippen MR) is 93.9 cm³/mol. The molecule has 1 atom stereocenters. The Morgan fingerprint density at radius 1 is 1.31 bits per heavy atom. The van der Waals surface area contributed by atoms with Crippen LogP contribution in [0.4, 0.5) is 14.9 Å². The molecule has 0 saturated heterocycles. The summed E-state index contributed by atoms with van der Waals surface area (Å²) in [6.45, 7) is 1.71. The molecule has 6 nitrogen and oxygen atoms in total. The number of nitrogens with zero attached hydrogens (tertiary/aromatic N) is 1. The number of hydrogen-bond acceptors (Lipinski definition) is 6. The molecule has 2 aromatic rings. The number of benzene rings is 1. The molecule has 1 N–H and O–H groups in total. The zero-order valence-electron chi connectivity index (χ0n) is 14.3. The Labute approximate surface area is 154 Å². The molecule has 1 aromatic heterocycles. The molecule has 136 valence electrons. The second-order valence-corrected chi connectivity index (χ2v) is 5.94. The fourth-order valence-corrected chi connectivity index (χ4v) is 3.10. The maximum absolute atomic E-state index is 14.8. The first-order valence-electron chi connectivity index (χ1n) is 7.68. The standard InChI is InChI=1S/C18H16ClFN2O4/c1-9-16(26-18(23)25-3)13(10-5-4-6-11(19)15(10)20)14-12(22-9)7-8-21-17(14)24-2/h4-8,13,22H,1-3H3. The van der Waals surface area contributed by atoms with Crippen LogP contribution in [0.5, 0.6) is 5.88 Å². The number of anilines is 1. The summed E-state index contributed by atoms with van der Waals surface area (Å²) in [5.74, 6) is -0.959. The van der Waals surface area contributed by atoms with Gasteiger partial charge in [-0.15, -0.1) is 0 Å². The lowest BCUT2D eigenvalue weighted by molar-refractivity contribution is 0.0926. The summed E-state index contributed by atoms with van der Waals surface area (Å²) in [6.07, 6.45) is 0.648. The molecule has 0 bridgehead atoms. The van der Waals surface area contributed by atoms with Gasteiger partial charge in [-0.2, -0.15) is 0 Å². The first-order valence-corrected chi connectivity index (χ1v) is 8.06. The third-order valence-electron chi connectivity index (χ3n) is 4.04. The van der Waals surface area contributed by atoms with Crippen LogP contribution in [-0.2, 0) is 9.47 Å². The molecule has 1 aliphatic rings. The normalized spacial score (nSPS) is 15.8. The van der Waals surface area contributed by atoms with Crippen LogP contribution in [0.3, 0.4) is 0 Å². The number of pyridine rings is 1. The van der Waals surface area contributed by atoms with Crippen molar-refractivity contribution in [2.75, 3.05) is 19.5 Å². The fourth-order valence-electron chi connectivity index (χ4n) is 2.92. The van der Waals surface area contributed by atoms with Crippen LogP contribution in [0.1, 0.15) is 24.0 Å². The number of nitrogens with one attached hydrogen (secondary N) is 1. The highest BCUT2D eigenvalue weighted by Gasteiger charge is 2.36. The van der Waals surface area contributed by atoms with E-state index in [1.807, 2.05) is 0 Å². The molecule has 0 spiro atoms. The number of aromatic nitrogens is 1. The third kappa shape index (κ3) is 3.06. The van der Waals surface area contributed by atoms with E-state index in [1.165, 1.54) is 20.3 Å². The summed E-state index contributed by atoms with van der Waals surface area (Å²) in [6, 6.07) is 6.36. The van der Waals surface area contributed by atoms with Crippen molar-refractivity contribution in [2.45, 2.75) is 12.8 Å². The Bertz CT molecular complexity index is 901. The van der Waals surface area contributed by atoms with Gasteiger partial charge in [0.25, 0.3) is 0 Å². The molecule has 0 radical (unpaired) electrons. The van der Waals surface area contributed by atoms with E-state index >= 15 is 0 Å². The number of methoxy groups -OCH3 is 2. The van der Waals surface area contributed by atoms with E-state index < -0.39 is 17.9 Å². The van der Waals surface area contributed by atoms with Crippen molar-refractivity contribution in [1.29, 1.82) is 0 Å². The molecule has 0 fully saturated rings. The minimum atomic E-state index is -0.917. The first-order chi connectivity index (χ1) is 12.5. The van der Waals surface area contributed by atoms with Crippen molar-refractivity contribution in [3.63, 3.8) is 0 Å². The molecule has 0 amide bonds. The van der Waals surface area contributed by atoms with Gasteiger partial charge < -0.3 is 19.5 Å². The lowest BCUT2D eigenvalue weighted by Gasteiger charge is -2.30. The second kappa shape index (κ2) is 7.21. The summed E-state index contributed by atoms with van der Waals surface area (Å²) in [4.78, 5) is 15.9. The van der Waals surface area contributed by atoms with Crippen LogP contribution in [0.15, 0.2) is 41.9 Å². The van der Waals surface area contributed by atoms with Gasteiger partial charge in [-0.05, 0) is 19.1 Å². The summed E-state index contributed by atoms with van der Waals surface area (Å²) in [7, 11) is 2.65. The molecule has 2 heterocycles. The smallest absolute Gasteiger partial charge is 0.481 e. The highest BCUT2D eigenvalue weighted by molar-refractivity contribution is 6.30. The zero-order chi connectivity index (χ0) is 18.8. The van der Waals surface area contributed by atoms with Gasteiger partial charge in [-0.25, -0.2) is 14.2 Å². The number of ether oxygens (including phenoxy) is 3. The number of rotatable bonds is 3. The number of carbonyl (C=O) groups is 1. The Morgan fingerprint density at radius 3 is 2.77 bits per heavy atom. The van der Waals surface area contributed by atoms with Gasteiger partial charge in [-0.3, -0.25) is 0 Å². The molecular weight excluding hydrogens is 363 g/mol. The monoisotopic (exact) mass is 378 g/mol. The van der Waals surface area contributed by atoms with E-state index in [9.17, 15) is 9.18 Å². The summed E-state index contributed by atoms with van der Waals surface area (Å²) < 4.78 is 30.1. The highest BCUT2D eigenvalue weighted by Crippen LogP contribution is 2.46. The predicted octanol–water partition coefficient (Wildman–Crippen LogP) is 4.45. The average Bonchev–Trinajstić information content (AvgIpc) is 2.64. The van der Waals surface area contributed by atoms with E-state index in [-0.39, 0.29) is 22.2 Å². The Morgan fingerprint density at radius 2 is 2.08 bits per heavy atom. The number of hydrogen-bond donors (Lipinski definition) is 1. The molecule has 0 saturated carbocycles.